The van der Waals surface area contributed by atoms with Crippen LogP contribution in [0.25, 0.3) is 0 Å². The molecule has 1 heterocycles. The molecule has 0 fully saturated rings. The summed E-state index contributed by atoms with van der Waals surface area (Å²) in [6.07, 6.45) is 0. The molecule has 66 valence electrons. The Morgan fingerprint density at radius 2 is 1.50 bits per heavy atom. The molecule has 0 atom stereocenters. The topological polar surface area (TPSA) is 12.4 Å². The third-order valence-electron chi connectivity index (χ3n) is 4.46. The summed E-state index contributed by atoms with van der Waals surface area (Å²) in [5.74, 6) is 0. The fourth-order valence-corrected chi connectivity index (χ4v) is 100. The van der Waals surface area contributed by atoms with Crippen molar-refractivity contribution in [2.75, 3.05) is 0 Å². The zero-order valence-corrected chi connectivity index (χ0v) is 53.5. The third-order valence-corrected chi connectivity index (χ3v) is 73.7. The van der Waals surface area contributed by atoms with E-state index in [9.17, 15) is 0 Å². The van der Waals surface area contributed by atoms with Crippen LogP contribution in [-0.2, 0) is 0 Å². The number of hydrogen-bond donors (Lipinski definition) is 0. The van der Waals surface area contributed by atoms with Gasteiger partial charge in [-0.05, 0) is 0 Å². The predicted molar refractivity (Wildman–Crippen MR) is 55.2 cm³/mol. The van der Waals surface area contributed by atoms with E-state index in [1.165, 1.54) is 0 Å². The van der Waals surface area contributed by atoms with Crippen LogP contribution in [0.3, 0.4) is 0 Å². The van der Waals surface area contributed by atoms with Gasteiger partial charge in [-0.1, -0.05) is 0 Å². The quantitative estimate of drug-likeness (QED) is 0.257. The van der Waals surface area contributed by atoms with Crippen molar-refractivity contribution in [3.05, 3.63) is 5.56 Å². The van der Waals surface area contributed by atoms with Crippen molar-refractivity contribution in [3.8, 4) is 0 Å². The van der Waals surface area contributed by atoms with Crippen LogP contribution in [-0.4, -0.2) is 1.09 Å². The van der Waals surface area contributed by atoms with Gasteiger partial charge in [0.1, 0.15) is 0 Å². The zero-order chi connectivity index (χ0) is 12.2. The van der Waals surface area contributed by atoms with Gasteiger partial charge in [0.25, 0.3) is 0 Å². The van der Waals surface area contributed by atoms with Crippen molar-refractivity contribution in [1.82, 2.24) is 0 Å². The molecule has 2 rings (SSSR count). The number of rotatable bonds is 0. The maximum absolute atomic E-state index is 5.08. The summed E-state index contributed by atoms with van der Waals surface area (Å²) >= 11 is 3.08. The fraction of sp³-hybridized carbons (Fsp3) is 0.222. The van der Waals surface area contributed by atoms with E-state index in [-0.39, 0.29) is 0 Å². The first-order valence-electron chi connectivity index (χ1n) is 5.95. The Balaban J connectivity index is 2.89. The minimum absolute atomic E-state index is 0.498. The van der Waals surface area contributed by atoms with Gasteiger partial charge < -0.3 is 0 Å². The van der Waals surface area contributed by atoms with Crippen LogP contribution >= 0.6 is 0 Å². The van der Waals surface area contributed by atoms with Crippen molar-refractivity contribution in [3.63, 3.8) is 0 Å². The van der Waals surface area contributed by atoms with Gasteiger partial charge in [0.05, 0.1) is 0 Å². The van der Waals surface area contributed by atoms with E-state index in [2.05, 4.69) is 13.8 Å². The standard InChI is InChI=1S/C9H6NSi.5Ra.5H/c1-6-3-4-9-8(5-6)10-7(2)11-9;;;;;;;;;;/h1-2H3;;;;;;;;;;. The second kappa shape index (κ2) is 7.55. The molecule has 0 amide bonds. The van der Waals surface area contributed by atoms with Crippen LogP contribution in [0.2, 0.25) is 0 Å². The summed E-state index contributed by atoms with van der Waals surface area (Å²) in [4.78, 5) is 5.08. The van der Waals surface area contributed by atoms with E-state index in [1.807, 2.05) is 6.40 Å². The Hall–Kier alpha value is 6.44. The molecule has 0 aliphatic carbocycles. The second-order valence-electron chi connectivity index (χ2n) is 5.55. The molecular weight excluding hydrogens is 1280 g/mol. The molecule has 0 saturated heterocycles. The molecule has 0 saturated carbocycles. The van der Waals surface area contributed by atoms with Crippen molar-refractivity contribution >= 4 is 13.8 Å². The number of hydrogen-bond acceptors (Lipinski definition) is 1. The molecule has 1 aromatic carbocycles. The van der Waals surface area contributed by atoms with Gasteiger partial charge in [-0.2, -0.15) is 0 Å². The molecule has 16 heavy (non-hydrogen) atoms. The van der Waals surface area contributed by atoms with E-state index in [0.717, 1.165) is 0 Å². The van der Waals surface area contributed by atoms with Gasteiger partial charge in [0, 0.05) is 0 Å². The molecule has 0 N–H and O–H groups in total. The average Bonchev–Trinajstić information content (AvgIpc) is 2.45. The first-order valence-corrected chi connectivity index (χ1v) is 45.9. The number of fused-ring (bicyclic) bond motifs is 1. The SMILES string of the molecule is CC1=Nc2[c]([RaH])c(C)[c]([RaH])[c]([RaH])c2[Si]1([RaH])[RaH]. The molecule has 1 aliphatic rings. The first-order chi connectivity index (χ1) is 7.28. The van der Waals surface area contributed by atoms with Gasteiger partial charge in [0.2, 0.25) is 0 Å². The van der Waals surface area contributed by atoms with Crippen molar-refractivity contribution in [1.29, 1.82) is 0 Å². The molecule has 1 aliphatic heterocycles. The summed E-state index contributed by atoms with van der Waals surface area (Å²) in [5, 5.41) is 3.67. The summed E-state index contributed by atoms with van der Waals surface area (Å²) in [5.41, 5.74) is 3.33. The van der Waals surface area contributed by atoms with E-state index < -0.39 is -4.24 Å². The van der Waals surface area contributed by atoms with E-state index in [4.69, 9.17) is 4.99 Å². The molecule has 0 unspecified atom stereocenters. The normalized spacial score (nSPS) is 16.7. The van der Waals surface area contributed by atoms with Crippen molar-refractivity contribution < 1.29 is 212 Å². The Labute approximate surface area is 240 Å². The van der Waals surface area contributed by atoms with E-state index in [1.54, 1.807) is 17.2 Å². The second-order valence-corrected chi connectivity index (χ2v) is 173. The molecule has 1 nitrogen and oxygen atoms in total. The summed E-state index contributed by atoms with van der Waals surface area (Å²) in [6, 6.07) is 0. The van der Waals surface area contributed by atoms with Crippen LogP contribution in [0.5, 0.6) is 0 Å². The Morgan fingerprint density at radius 3 is 2.06 bits per heavy atom. The monoisotopic (exact) mass is 1290 g/mol. The van der Waals surface area contributed by atoms with Crippen LogP contribution in [0.4, 0.5) is 5.69 Å². The Bertz CT molecular complexity index is 523. The summed E-state index contributed by atoms with van der Waals surface area (Å²) in [7, 11) is 0. The molecule has 1 aromatic rings. The molecule has 0 radical (unpaired) electrons. The minimum atomic E-state index is -0.854. The van der Waals surface area contributed by atoms with Crippen LogP contribution in [0.1, 0.15) is 12.5 Å². The van der Waals surface area contributed by atoms with Gasteiger partial charge in [-0.3, -0.25) is 0 Å². The van der Waals surface area contributed by atoms with Crippen LogP contribution in [0.15, 0.2) is 4.99 Å². The van der Waals surface area contributed by atoms with E-state index in [0.29, 0.717) is 212 Å². The molecule has 0 aromatic heterocycles. The zero-order valence-electron chi connectivity index (χ0n) is 11.4. The number of nitrogens with zero attached hydrogens (tertiary/aromatic N) is 1. The van der Waals surface area contributed by atoms with Gasteiger partial charge in [-0.15, -0.1) is 0 Å². The molecule has 0 spiro atoms. The third kappa shape index (κ3) is 3.58. The van der Waals surface area contributed by atoms with E-state index >= 15 is 0 Å². The summed E-state index contributed by atoms with van der Waals surface area (Å²) in [6.45, 7) is 4.80. The number of aliphatic imine (C=N–C) groups is 1. The number of benzene rings is 1. The van der Waals surface area contributed by atoms with Crippen LogP contribution < -0.4 is 7.00 Å². The molecule has 0 bridgehead atoms. The fourth-order valence-electron chi connectivity index (χ4n) is 2.69. The molecular formula is C9H11NRa5Si. The first kappa shape index (κ1) is 18.8. The van der Waals surface area contributed by atoms with Crippen molar-refractivity contribution in [2.24, 2.45) is 4.99 Å². The average molecular weight is 1290 g/mol. The van der Waals surface area contributed by atoms with Crippen LogP contribution in [0, 0.1) is 219 Å². The Kier molecular flexibility index (Phi) is 8.87. The maximum atomic E-state index is 5.08. The molecule has 7 heteroatoms. The van der Waals surface area contributed by atoms with Gasteiger partial charge >= 0.3 is 250 Å². The van der Waals surface area contributed by atoms with Crippen molar-refractivity contribution in [2.45, 2.75) is 13.8 Å². The predicted octanol–water partition coefficient (Wildman–Crippen LogP) is -2.43. The van der Waals surface area contributed by atoms with Gasteiger partial charge in [-0.25, -0.2) is 0 Å². The van der Waals surface area contributed by atoms with Gasteiger partial charge in [0.15, 0.2) is 0 Å². The Morgan fingerprint density at radius 1 is 0.938 bits per heavy atom. The summed E-state index contributed by atoms with van der Waals surface area (Å²) < 4.78 is 4.81.